The first-order chi connectivity index (χ1) is 7.74. The molecule has 16 heavy (non-hydrogen) atoms. The van der Waals surface area contributed by atoms with E-state index in [0.29, 0.717) is 5.13 Å². The number of aromatic nitrogens is 4. The Morgan fingerprint density at radius 2 is 2.19 bits per heavy atom. The number of fused-ring (bicyclic) bond motifs is 1. The number of rotatable bonds is 1. The van der Waals surface area contributed by atoms with E-state index in [9.17, 15) is 0 Å². The summed E-state index contributed by atoms with van der Waals surface area (Å²) in [6.45, 7) is 1.97. The molecule has 0 bridgehead atoms. The Hall–Kier alpha value is -1.95. The van der Waals surface area contributed by atoms with Crippen LogP contribution in [0.3, 0.4) is 0 Å². The second-order valence-corrected chi connectivity index (χ2v) is 4.49. The minimum absolute atomic E-state index is 0.545. The Bertz CT molecular complexity index is 654. The highest BCUT2D eigenvalue weighted by atomic mass is 32.1. The summed E-state index contributed by atoms with van der Waals surface area (Å²) in [7, 11) is 0. The van der Waals surface area contributed by atoms with Gasteiger partial charge in [0.1, 0.15) is 10.3 Å². The van der Waals surface area contributed by atoms with E-state index in [1.54, 1.807) is 6.20 Å². The van der Waals surface area contributed by atoms with Gasteiger partial charge >= 0.3 is 0 Å². The summed E-state index contributed by atoms with van der Waals surface area (Å²) in [5, 5.41) is 7.42. The van der Waals surface area contributed by atoms with Crippen molar-refractivity contribution in [3.8, 4) is 11.3 Å². The smallest absolute Gasteiger partial charge is 0.182 e. The Kier molecular flexibility index (Phi) is 1.90. The number of aryl methyl sites for hydroxylation is 1. The summed E-state index contributed by atoms with van der Waals surface area (Å²) in [6.07, 6.45) is 1.77. The molecule has 0 radical (unpaired) electrons. The van der Waals surface area contributed by atoms with Crippen LogP contribution >= 0.6 is 11.3 Å². The van der Waals surface area contributed by atoms with Crippen LogP contribution in [0.4, 0.5) is 5.13 Å². The van der Waals surface area contributed by atoms with Crippen LogP contribution in [0, 0.1) is 6.92 Å². The van der Waals surface area contributed by atoms with E-state index in [2.05, 4.69) is 20.2 Å². The first-order valence-electron chi connectivity index (χ1n) is 4.77. The lowest BCUT2D eigenvalue weighted by atomic mass is 10.2. The molecular weight excluding hydrogens is 222 g/mol. The van der Waals surface area contributed by atoms with Gasteiger partial charge in [0.2, 0.25) is 0 Å². The third-order valence-corrected chi connectivity index (χ3v) is 3.17. The van der Waals surface area contributed by atoms with Crippen LogP contribution in [-0.2, 0) is 0 Å². The van der Waals surface area contributed by atoms with Crippen molar-refractivity contribution in [2.45, 2.75) is 6.92 Å². The maximum absolute atomic E-state index is 5.64. The maximum Gasteiger partial charge on any atom is 0.182 e. The lowest BCUT2D eigenvalue weighted by Crippen LogP contribution is -1.84. The number of pyridine rings is 1. The first-order valence-corrected chi connectivity index (χ1v) is 5.59. The molecule has 3 aromatic heterocycles. The van der Waals surface area contributed by atoms with Gasteiger partial charge in [0.15, 0.2) is 5.13 Å². The summed E-state index contributed by atoms with van der Waals surface area (Å²) in [6, 6.07) is 3.86. The lowest BCUT2D eigenvalue weighted by molar-refractivity contribution is 1.05. The highest BCUT2D eigenvalue weighted by Crippen LogP contribution is 2.26. The van der Waals surface area contributed by atoms with Gasteiger partial charge in [-0.1, -0.05) is 11.3 Å². The second kappa shape index (κ2) is 3.28. The Morgan fingerprint density at radius 3 is 2.94 bits per heavy atom. The molecule has 0 aromatic carbocycles. The van der Waals surface area contributed by atoms with Crippen LogP contribution in [0.15, 0.2) is 18.3 Å². The van der Waals surface area contributed by atoms with Gasteiger partial charge in [-0.25, -0.2) is 9.97 Å². The van der Waals surface area contributed by atoms with Crippen molar-refractivity contribution in [1.29, 1.82) is 0 Å². The number of nitrogens with zero attached hydrogens (tertiary/aromatic N) is 3. The van der Waals surface area contributed by atoms with E-state index in [-0.39, 0.29) is 0 Å². The molecule has 0 aliphatic carbocycles. The van der Waals surface area contributed by atoms with Gasteiger partial charge < -0.3 is 5.73 Å². The maximum atomic E-state index is 5.64. The topological polar surface area (TPSA) is 80.5 Å². The molecule has 0 atom stereocenters. The highest BCUT2D eigenvalue weighted by molar-refractivity contribution is 7.21. The predicted molar refractivity (Wildman–Crippen MR) is 64.1 cm³/mol. The van der Waals surface area contributed by atoms with Crippen LogP contribution in [0.2, 0.25) is 0 Å². The SMILES string of the molecule is Cc1[nH]ncc1-c1ccc2nc(N)sc2n1. The van der Waals surface area contributed by atoms with Crippen LogP contribution in [0.25, 0.3) is 21.6 Å². The van der Waals surface area contributed by atoms with Gasteiger partial charge in [0.05, 0.1) is 11.9 Å². The molecule has 3 aromatic rings. The first kappa shape index (κ1) is 9.29. The van der Waals surface area contributed by atoms with Crippen molar-refractivity contribution < 1.29 is 0 Å². The predicted octanol–water partition coefficient (Wildman–Crippen LogP) is 1.97. The third-order valence-electron chi connectivity index (χ3n) is 2.38. The van der Waals surface area contributed by atoms with Gasteiger partial charge in [-0.3, -0.25) is 5.10 Å². The standard InChI is InChI=1S/C10H9N5S/c1-5-6(4-12-15-5)7-2-3-8-9(13-7)16-10(11)14-8/h2-4H,1H3,(H2,11,14)(H,12,15). The number of hydrogen-bond acceptors (Lipinski definition) is 5. The van der Waals surface area contributed by atoms with E-state index in [4.69, 9.17) is 5.73 Å². The largest absolute Gasteiger partial charge is 0.375 e. The third kappa shape index (κ3) is 1.35. The number of nitrogens with one attached hydrogen (secondary N) is 1. The zero-order valence-electron chi connectivity index (χ0n) is 8.56. The second-order valence-electron chi connectivity index (χ2n) is 3.48. The van der Waals surface area contributed by atoms with Crippen molar-refractivity contribution in [3.63, 3.8) is 0 Å². The minimum atomic E-state index is 0.545. The Morgan fingerprint density at radius 1 is 1.31 bits per heavy atom. The monoisotopic (exact) mass is 231 g/mol. The zero-order chi connectivity index (χ0) is 11.1. The van der Waals surface area contributed by atoms with Crippen molar-refractivity contribution in [2.24, 2.45) is 0 Å². The summed E-state index contributed by atoms with van der Waals surface area (Å²) in [5.74, 6) is 0. The average molecular weight is 231 g/mol. The van der Waals surface area contributed by atoms with Crippen molar-refractivity contribution in [3.05, 3.63) is 24.0 Å². The fourth-order valence-electron chi connectivity index (χ4n) is 1.59. The number of hydrogen-bond donors (Lipinski definition) is 2. The van der Waals surface area contributed by atoms with E-state index < -0.39 is 0 Å². The van der Waals surface area contributed by atoms with E-state index in [1.807, 2.05) is 19.1 Å². The van der Waals surface area contributed by atoms with Crippen LogP contribution in [0.1, 0.15) is 5.69 Å². The molecule has 3 heterocycles. The molecule has 0 spiro atoms. The Labute approximate surface area is 95.4 Å². The van der Waals surface area contributed by atoms with Gasteiger partial charge in [0, 0.05) is 11.3 Å². The number of aromatic amines is 1. The molecule has 0 aliphatic rings. The molecule has 6 heteroatoms. The number of nitrogens with two attached hydrogens (primary N) is 1. The van der Waals surface area contributed by atoms with Gasteiger partial charge in [0.25, 0.3) is 0 Å². The van der Waals surface area contributed by atoms with E-state index in [1.165, 1.54) is 11.3 Å². The van der Waals surface area contributed by atoms with Gasteiger partial charge in [-0.2, -0.15) is 5.10 Å². The lowest BCUT2D eigenvalue weighted by Gasteiger charge is -1.97. The molecule has 3 N–H and O–H groups in total. The highest BCUT2D eigenvalue weighted by Gasteiger charge is 2.08. The molecule has 3 rings (SSSR count). The van der Waals surface area contributed by atoms with Crippen molar-refractivity contribution in [2.75, 3.05) is 5.73 Å². The van der Waals surface area contributed by atoms with Crippen molar-refractivity contribution in [1.82, 2.24) is 20.2 Å². The van der Waals surface area contributed by atoms with Gasteiger partial charge in [-0.15, -0.1) is 0 Å². The summed E-state index contributed by atoms with van der Waals surface area (Å²) in [4.78, 5) is 9.54. The quantitative estimate of drug-likeness (QED) is 0.671. The normalized spacial score (nSPS) is 11.1. The summed E-state index contributed by atoms with van der Waals surface area (Å²) >= 11 is 1.39. The molecule has 0 amide bonds. The number of nitrogen functional groups attached to an aromatic ring is 1. The molecule has 0 aliphatic heterocycles. The molecule has 0 fully saturated rings. The number of H-pyrrole nitrogens is 1. The fourth-order valence-corrected chi connectivity index (χ4v) is 2.30. The minimum Gasteiger partial charge on any atom is -0.375 e. The van der Waals surface area contributed by atoms with E-state index in [0.717, 1.165) is 27.3 Å². The van der Waals surface area contributed by atoms with Crippen LogP contribution in [0.5, 0.6) is 0 Å². The van der Waals surface area contributed by atoms with Crippen molar-refractivity contribution >= 4 is 26.8 Å². The molecular formula is C10H9N5S. The van der Waals surface area contributed by atoms with Crippen LogP contribution in [-0.4, -0.2) is 20.2 Å². The molecule has 0 saturated carbocycles. The van der Waals surface area contributed by atoms with Gasteiger partial charge in [-0.05, 0) is 19.1 Å². The Balaban J connectivity index is 2.22. The molecule has 5 nitrogen and oxygen atoms in total. The molecule has 0 saturated heterocycles. The molecule has 80 valence electrons. The van der Waals surface area contributed by atoms with E-state index >= 15 is 0 Å². The zero-order valence-corrected chi connectivity index (χ0v) is 9.38. The number of thiazole rings is 1. The fraction of sp³-hybridized carbons (Fsp3) is 0.100. The summed E-state index contributed by atoms with van der Waals surface area (Å²) < 4.78 is 0. The summed E-state index contributed by atoms with van der Waals surface area (Å²) in [5.41, 5.74) is 9.38. The number of anilines is 1. The van der Waals surface area contributed by atoms with Crippen LogP contribution < -0.4 is 5.73 Å². The molecule has 0 unspecified atom stereocenters. The average Bonchev–Trinajstić information content (AvgIpc) is 2.81.